The van der Waals surface area contributed by atoms with Crippen LogP contribution in [0.25, 0.3) is 0 Å². The first kappa shape index (κ1) is 14.2. The quantitative estimate of drug-likeness (QED) is 0.695. The molecule has 19 heavy (non-hydrogen) atoms. The van der Waals surface area contributed by atoms with Crippen molar-refractivity contribution in [3.05, 3.63) is 67.9 Å². The van der Waals surface area contributed by atoms with Gasteiger partial charge in [-0.3, -0.25) is 4.79 Å². The fourth-order valence-electron chi connectivity index (χ4n) is 1.88. The van der Waals surface area contributed by atoms with Gasteiger partial charge in [0, 0.05) is 15.6 Å². The van der Waals surface area contributed by atoms with Crippen molar-refractivity contribution in [1.82, 2.24) is 0 Å². The van der Waals surface area contributed by atoms with Crippen molar-refractivity contribution in [2.24, 2.45) is 0 Å². The largest absolute Gasteiger partial charge is 0.289 e. The number of carbonyl (C=O) groups is 1. The lowest BCUT2D eigenvalue weighted by Gasteiger charge is -2.07. The van der Waals surface area contributed by atoms with Gasteiger partial charge in [0.2, 0.25) is 0 Å². The summed E-state index contributed by atoms with van der Waals surface area (Å²) in [5.74, 6) is -0.419. The Kier molecular flexibility index (Phi) is 4.07. The van der Waals surface area contributed by atoms with Gasteiger partial charge < -0.3 is 0 Å². The second-order valence-electron chi connectivity index (χ2n) is 4.38. The van der Waals surface area contributed by atoms with Crippen LogP contribution in [0.5, 0.6) is 0 Å². The molecule has 0 aromatic heterocycles. The molecule has 2 rings (SSSR count). The summed E-state index contributed by atoms with van der Waals surface area (Å²) < 4.78 is 14.2. The maximum atomic E-state index is 13.6. The SMILES string of the molecule is Cc1cc(C(=O)c2ccc(Cl)c(Br)c2)cc(C)c1F. The lowest BCUT2D eigenvalue weighted by atomic mass is 9.99. The zero-order chi connectivity index (χ0) is 14.2. The highest BCUT2D eigenvalue weighted by atomic mass is 79.9. The van der Waals surface area contributed by atoms with Gasteiger partial charge in [-0.1, -0.05) is 11.6 Å². The Morgan fingerprint density at radius 1 is 1.11 bits per heavy atom. The van der Waals surface area contributed by atoms with Crippen LogP contribution in [-0.4, -0.2) is 5.78 Å². The third-order valence-corrected chi connectivity index (χ3v) is 4.09. The van der Waals surface area contributed by atoms with Crippen LogP contribution in [-0.2, 0) is 0 Å². The molecule has 0 amide bonds. The Hall–Kier alpha value is -1.19. The summed E-state index contributed by atoms with van der Waals surface area (Å²) in [6.45, 7) is 3.30. The van der Waals surface area contributed by atoms with Gasteiger partial charge in [-0.05, 0) is 71.2 Å². The molecule has 98 valence electrons. The molecule has 0 spiro atoms. The Bertz CT molecular complexity index is 644. The predicted molar refractivity (Wildman–Crippen MR) is 78.5 cm³/mol. The molecule has 0 unspecified atom stereocenters. The van der Waals surface area contributed by atoms with E-state index in [1.54, 1.807) is 44.2 Å². The zero-order valence-corrected chi connectivity index (χ0v) is 12.8. The monoisotopic (exact) mass is 340 g/mol. The second kappa shape index (κ2) is 5.43. The van der Waals surface area contributed by atoms with E-state index in [4.69, 9.17) is 11.6 Å². The summed E-state index contributed by atoms with van der Waals surface area (Å²) in [6, 6.07) is 8.10. The first-order valence-electron chi connectivity index (χ1n) is 5.66. The van der Waals surface area contributed by atoms with Gasteiger partial charge in [0.1, 0.15) is 5.82 Å². The summed E-state index contributed by atoms with van der Waals surface area (Å²) in [6.07, 6.45) is 0. The van der Waals surface area contributed by atoms with Crippen LogP contribution in [0, 0.1) is 19.7 Å². The highest BCUT2D eigenvalue weighted by Crippen LogP contribution is 2.25. The van der Waals surface area contributed by atoms with Gasteiger partial charge in [0.05, 0.1) is 5.02 Å². The van der Waals surface area contributed by atoms with Gasteiger partial charge in [-0.2, -0.15) is 0 Å². The minimum absolute atomic E-state index is 0.149. The fraction of sp³-hybridized carbons (Fsp3) is 0.133. The first-order chi connectivity index (χ1) is 8.90. The van der Waals surface area contributed by atoms with E-state index in [0.29, 0.717) is 31.7 Å². The number of hydrogen-bond acceptors (Lipinski definition) is 1. The summed E-state index contributed by atoms with van der Waals surface area (Å²) in [7, 11) is 0. The fourth-order valence-corrected chi connectivity index (χ4v) is 2.38. The van der Waals surface area contributed by atoms with E-state index in [0.717, 1.165) is 0 Å². The van der Waals surface area contributed by atoms with Crippen molar-refractivity contribution in [2.45, 2.75) is 13.8 Å². The molecule has 0 aliphatic rings. The van der Waals surface area contributed by atoms with Crippen molar-refractivity contribution in [3.63, 3.8) is 0 Å². The molecule has 0 heterocycles. The highest BCUT2D eigenvalue weighted by Gasteiger charge is 2.13. The molecule has 0 radical (unpaired) electrons. The standard InChI is InChI=1S/C15H11BrClFO/c1-8-5-11(6-9(2)14(8)18)15(19)10-3-4-13(17)12(16)7-10/h3-7H,1-2H3. The lowest BCUT2D eigenvalue weighted by Crippen LogP contribution is -2.03. The molecule has 4 heteroatoms. The number of carbonyl (C=O) groups excluding carboxylic acids is 1. The summed E-state index contributed by atoms with van der Waals surface area (Å²) in [4.78, 5) is 12.3. The molecule has 0 aliphatic heterocycles. The Balaban J connectivity index is 2.47. The molecular formula is C15H11BrClFO. The third kappa shape index (κ3) is 2.88. The zero-order valence-electron chi connectivity index (χ0n) is 10.4. The van der Waals surface area contributed by atoms with Crippen LogP contribution in [0.15, 0.2) is 34.8 Å². The molecule has 1 nitrogen and oxygen atoms in total. The maximum absolute atomic E-state index is 13.6. The van der Waals surface area contributed by atoms with Crippen LogP contribution in [0.1, 0.15) is 27.0 Å². The van der Waals surface area contributed by atoms with Gasteiger partial charge in [0.25, 0.3) is 0 Å². The number of benzene rings is 2. The van der Waals surface area contributed by atoms with E-state index >= 15 is 0 Å². The third-order valence-electron chi connectivity index (χ3n) is 2.88. The van der Waals surface area contributed by atoms with Gasteiger partial charge in [-0.25, -0.2) is 4.39 Å². The number of halogens is 3. The molecule has 0 fully saturated rings. The molecule has 0 aliphatic carbocycles. The Labute approximate surface area is 124 Å². The minimum Gasteiger partial charge on any atom is -0.289 e. The molecule has 0 saturated heterocycles. The van der Waals surface area contributed by atoms with Crippen LogP contribution < -0.4 is 0 Å². The number of aryl methyl sites for hydroxylation is 2. The molecule has 2 aromatic carbocycles. The molecule has 0 bridgehead atoms. The van der Waals surface area contributed by atoms with E-state index in [1.807, 2.05) is 0 Å². The molecule has 0 N–H and O–H groups in total. The second-order valence-corrected chi connectivity index (χ2v) is 5.64. The normalized spacial score (nSPS) is 10.6. The van der Waals surface area contributed by atoms with Crippen LogP contribution in [0.2, 0.25) is 5.02 Å². The smallest absolute Gasteiger partial charge is 0.193 e. The summed E-state index contributed by atoms with van der Waals surface area (Å²) in [5.41, 5.74) is 1.93. The van der Waals surface area contributed by atoms with Crippen molar-refractivity contribution in [1.29, 1.82) is 0 Å². The number of rotatable bonds is 2. The predicted octanol–water partition coefficient (Wildman–Crippen LogP) is 5.09. The summed E-state index contributed by atoms with van der Waals surface area (Å²) in [5, 5.41) is 0.544. The first-order valence-corrected chi connectivity index (χ1v) is 6.83. The maximum Gasteiger partial charge on any atom is 0.193 e. The Morgan fingerprint density at radius 3 is 2.21 bits per heavy atom. The summed E-state index contributed by atoms with van der Waals surface area (Å²) >= 11 is 9.18. The minimum atomic E-state index is -0.270. The molecule has 0 saturated carbocycles. The average Bonchev–Trinajstić information content (AvgIpc) is 2.37. The van der Waals surface area contributed by atoms with E-state index in [1.165, 1.54) is 0 Å². The van der Waals surface area contributed by atoms with Crippen molar-refractivity contribution in [2.75, 3.05) is 0 Å². The molecule has 2 aromatic rings. The van der Waals surface area contributed by atoms with Gasteiger partial charge >= 0.3 is 0 Å². The van der Waals surface area contributed by atoms with Gasteiger partial charge in [0.15, 0.2) is 5.78 Å². The molecule has 0 atom stereocenters. The topological polar surface area (TPSA) is 17.1 Å². The van der Waals surface area contributed by atoms with E-state index in [-0.39, 0.29) is 11.6 Å². The Morgan fingerprint density at radius 2 is 1.68 bits per heavy atom. The van der Waals surface area contributed by atoms with Gasteiger partial charge in [-0.15, -0.1) is 0 Å². The van der Waals surface area contributed by atoms with Crippen molar-refractivity contribution >= 4 is 33.3 Å². The average molecular weight is 342 g/mol. The number of ketones is 1. The van der Waals surface area contributed by atoms with Crippen LogP contribution in [0.4, 0.5) is 4.39 Å². The van der Waals surface area contributed by atoms with Crippen LogP contribution >= 0.6 is 27.5 Å². The van der Waals surface area contributed by atoms with E-state index in [2.05, 4.69) is 15.9 Å². The van der Waals surface area contributed by atoms with Crippen molar-refractivity contribution in [3.8, 4) is 0 Å². The lowest BCUT2D eigenvalue weighted by molar-refractivity contribution is 0.103. The van der Waals surface area contributed by atoms with Crippen LogP contribution in [0.3, 0.4) is 0 Å². The van der Waals surface area contributed by atoms with Crippen molar-refractivity contribution < 1.29 is 9.18 Å². The van der Waals surface area contributed by atoms with E-state index < -0.39 is 0 Å². The highest BCUT2D eigenvalue weighted by molar-refractivity contribution is 9.10. The van der Waals surface area contributed by atoms with E-state index in [9.17, 15) is 9.18 Å². The number of hydrogen-bond donors (Lipinski definition) is 0. The molecular weight excluding hydrogens is 331 g/mol.